The molecule has 0 radical (unpaired) electrons. The molecule has 2 aromatic rings. The van der Waals surface area contributed by atoms with E-state index in [2.05, 4.69) is 22.0 Å². The first-order valence-corrected chi connectivity index (χ1v) is 9.71. The molecule has 150 valence electrons. The quantitative estimate of drug-likeness (QED) is 0.580. The van der Waals surface area contributed by atoms with Crippen LogP contribution in [0.25, 0.3) is 0 Å². The van der Waals surface area contributed by atoms with Crippen molar-refractivity contribution in [3.8, 4) is 0 Å². The van der Waals surface area contributed by atoms with E-state index in [1.807, 2.05) is 19.1 Å². The SMILES string of the molecule is CCN1CCN(c2ccc(F)cc2C(C)NCc2cccc([N+](=O)[O-])c2)CC1. The van der Waals surface area contributed by atoms with Crippen LogP contribution in [0.4, 0.5) is 15.8 Å². The normalized spacial score (nSPS) is 16.2. The minimum Gasteiger partial charge on any atom is -0.369 e. The fourth-order valence-corrected chi connectivity index (χ4v) is 3.63. The zero-order valence-electron chi connectivity index (χ0n) is 16.4. The molecule has 0 aliphatic carbocycles. The van der Waals surface area contributed by atoms with Crippen LogP contribution in [-0.2, 0) is 6.54 Å². The number of non-ortho nitro benzene ring substituents is 1. The molecule has 1 unspecified atom stereocenters. The molecule has 0 saturated carbocycles. The molecule has 0 spiro atoms. The molecule has 1 heterocycles. The van der Waals surface area contributed by atoms with Gasteiger partial charge in [0.1, 0.15) is 5.82 Å². The summed E-state index contributed by atoms with van der Waals surface area (Å²) in [5, 5.41) is 14.3. The third-order valence-corrected chi connectivity index (χ3v) is 5.35. The van der Waals surface area contributed by atoms with E-state index < -0.39 is 4.92 Å². The Morgan fingerprint density at radius 2 is 1.93 bits per heavy atom. The standard InChI is InChI=1S/C21H27FN4O2/c1-3-24-9-11-25(12-10-24)21-8-7-18(22)14-20(21)16(2)23-15-17-5-4-6-19(13-17)26(27)28/h4-8,13-14,16,23H,3,9-12,15H2,1-2H3. The van der Waals surface area contributed by atoms with Crippen LogP contribution in [0.3, 0.4) is 0 Å². The molecule has 0 aromatic heterocycles. The number of nitrogens with zero attached hydrogens (tertiary/aromatic N) is 3. The summed E-state index contributed by atoms with van der Waals surface area (Å²) in [5.41, 5.74) is 2.87. The van der Waals surface area contributed by atoms with Crippen LogP contribution in [0.1, 0.15) is 31.0 Å². The summed E-state index contributed by atoms with van der Waals surface area (Å²) in [6.45, 7) is 9.53. The van der Waals surface area contributed by atoms with Gasteiger partial charge in [0.05, 0.1) is 4.92 Å². The van der Waals surface area contributed by atoms with Crippen molar-refractivity contribution in [1.29, 1.82) is 0 Å². The van der Waals surface area contributed by atoms with Crippen LogP contribution in [0.15, 0.2) is 42.5 Å². The number of hydrogen-bond donors (Lipinski definition) is 1. The van der Waals surface area contributed by atoms with Crippen LogP contribution < -0.4 is 10.2 Å². The van der Waals surface area contributed by atoms with Crippen molar-refractivity contribution in [2.24, 2.45) is 0 Å². The first-order valence-electron chi connectivity index (χ1n) is 9.71. The molecule has 0 bridgehead atoms. The topological polar surface area (TPSA) is 61.6 Å². The van der Waals surface area contributed by atoms with Crippen molar-refractivity contribution in [3.63, 3.8) is 0 Å². The lowest BCUT2D eigenvalue weighted by atomic mass is 10.0. The van der Waals surface area contributed by atoms with Crippen LogP contribution in [0, 0.1) is 15.9 Å². The number of likely N-dealkylation sites (N-methyl/N-ethyl adjacent to an activating group) is 1. The molecule has 3 rings (SSSR count). The molecule has 2 aromatic carbocycles. The monoisotopic (exact) mass is 386 g/mol. The fraction of sp³-hybridized carbons (Fsp3) is 0.429. The molecular weight excluding hydrogens is 359 g/mol. The van der Waals surface area contributed by atoms with E-state index in [0.29, 0.717) is 6.54 Å². The molecule has 1 aliphatic rings. The van der Waals surface area contributed by atoms with Gasteiger partial charge in [-0.3, -0.25) is 10.1 Å². The van der Waals surface area contributed by atoms with Gasteiger partial charge in [0, 0.05) is 56.6 Å². The number of nitro groups is 1. The van der Waals surface area contributed by atoms with E-state index in [4.69, 9.17) is 0 Å². The van der Waals surface area contributed by atoms with Crippen molar-refractivity contribution >= 4 is 11.4 Å². The summed E-state index contributed by atoms with van der Waals surface area (Å²) in [6.07, 6.45) is 0. The lowest BCUT2D eigenvalue weighted by Crippen LogP contribution is -2.46. The fourth-order valence-electron chi connectivity index (χ4n) is 3.63. The second-order valence-corrected chi connectivity index (χ2v) is 7.15. The second-order valence-electron chi connectivity index (χ2n) is 7.15. The average molecular weight is 386 g/mol. The second kappa shape index (κ2) is 9.12. The summed E-state index contributed by atoms with van der Waals surface area (Å²) >= 11 is 0. The number of halogens is 1. The Bertz CT molecular complexity index is 822. The smallest absolute Gasteiger partial charge is 0.269 e. The Kier molecular flexibility index (Phi) is 6.59. The maximum Gasteiger partial charge on any atom is 0.269 e. The van der Waals surface area contributed by atoms with Crippen molar-refractivity contribution in [2.45, 2.75) is 26.4 Å². The highest BCUT2D eigenvalue weighted by Gasteiger charge is 2.21. The number of benzene rings is 2. The number of rotatable bonds is 7. The van der Waals surface area contributed by atoms with Gasteiger partial charge >= 0.3 is 0 Å². The van der Waals surface area contributed by atoms with Crippen molar-refractivity contribution in [2.75, 3.05) is 37.6 Å². The molecular formula is C21H27FN4O2. The van der Waals surface area contributed by atoms with Gasteiger partial charge in [0.2, 0.25) is 0 Å². The molecule has 1 aliphatic heterocycles. The predicted octanol–water partition coefficient (Wildman–Crippen LogP) is 3.73. The third-order valence-electron chi connectivity index (χ3n) is 5.35. The molecule has 28 heavy (non-hydrogen) atoms. The first-order chi connectivity index (χ1) is 13.5. The van der Waals surface area contributed by atoms with Crippen LogP contribution in [0.5, 0.6) is 0 Å². The Morgan fingerprint density at radius 1 is 1.18 bits per heavy atom. The van der Waals surface area contributed by atoms with Gasteiger partial charge in [-0.1, -0.05) is 19.1 Å². The molecule has 1 fully saturated rings. The lowest BCUT2D eigenvalue weighted by molar-refractivity contribution is -0.384. The van der Waals surface area contributed by atoms with E-state index in [9.17, 15) is 14.5 Å². The van der Waals surface area contributed by atoms with Gasteiger partial charge in [0.15, 0.2) is 0 Å². The summed E-state index contributed by atoms with van der Waals surface area (Å²) in [6, 6.07) is 11.4. The van der Waals surface area contributed by atoms with E-state index in [1.165, 1.54) is 12.1 Å². The highest BCUT2D eigenvalue weighted by Crippen LogP contribution is 2.28. The predicted molar refractivity (Wildman–Crippen MR) is 109 cm³/mol. The van der Waals surface area contributed by atoms with Crippen LogP contribution in [0.2, 0.25) is 0 Å². The van der Waals surface area contributed by atoms with Crippen molar-refractivity contribution < 1.29 is 9.31 Å². The Hall–Kier alpha value is -2.51. The van der Waals surface area contributed by atoms with E-state index in [0.717, 1.165) is 49.5 Å². The highest BCUT2D eigenvalue weighted by molar-refractivity contribution is 5.55. The van der Waals surface area contributed by atoms with Gasteiger partial charge in [-0.05, 0) is 42.8 Å². The third kappa shape index (κ3) is 4.85. The minimum atomic E-state index is -0.395. The van der Waals surface area contributed by atoms with E-state index in [-0.39, 0.29) is 17.5 Å². The van der Waals surface area contributed by atoms with Crippen LogP contribution >= 0.6 is 0 Å². The average Bonchev–Trinajstić information content (AvgIpc) is 2.72. The summed E-state index contributed by atoms with van der Waals surface area (Å²) in [7, 11) is 0. The number of anilines is 1. The molecule has 1 atom stereocenters. The van der Waals surface area contributed by atoms with E-state index >= 15 is 0 Å². The molecule has 0 amide bonds. The summed E-state index contributed by atoms with van der Waals surface area (Å²) in [5.74, 6) is -0.255. The van der Waals surface area contributed by atoms with Crippen molar-refractivity contribution in [1.82, 2.24) is 10.2 Å². The number of piperazine rings is 1. The summed E-state index contributed by atoms with van der Waals surface area (Å²) < 4.78 is 14.0. The molecule has 1 saturated heterocycles. The number of hydrogen-bond acceptors (Lipinski definition) is 5. The van der Waals surface area contributed by atoms with Crippen LogP contribution in [-0.4, -0.2) is 42.5 Å². The maximum atomic E-state index is 14.0. The minimum absolute atomic E-state index is 0.0761. The zero-order chi connectivity index (χ0) is 20.1. The molecule has 1 N–H and O–H groups in total. The van der Waals surface area contributed by atoms with Gasteiger partial charge in [0.25, 0.3) is 5.69 Å². The first kappa shape index (κ1) is 20.2. The maximum absolute atomic E-state index is 14.0. The number of nitro benzene ring substituents is 1. The zero-order valence-corrected chi connectivity index (χ0v) is 16.4. The Labute approximate surface area is 165 Å². The summed E-state index contributed by atoms with van der Waals surface area (Å²) in [4.78, 5) is 15.3. The van der Waals surface area contributed by atoms with Gasteiger partial charge in [-0.25, -0.2) is 4.39 Å². The largest absolute Gasteiger partial charge is 0.369 e. The molecule has 6 nitrogen and oxygen atoms in total. The number of nitrogens with one attached hydrogen (secondary N) is 1. The highest BCUT2D eigenvalue weighted by atomic mass is 19.1. The van der Waals surface area contributed by atoms with E-state index in [1.54, 1.807) is 18.2 Å². The van der Waals surface area contributed by atoms with Gasteiger partial charge in [-0.15, -0.1) is 0 Å². The van der Waals surface area contributed by atoms with Crippen molar-refractivity contribution in [3.05, 3.63) is 69.5 Å². The Morgan fingerprint density at radius 3 is 2.61 bits per heavy atom. The van der Waals surface area contributed by atoms with Gasteiger partial charge < -0.3 is 15.1 Å². The molecule has 7 heteroatoms. The van der Waals surface area contributed by atoms with Gasteiger partial charge in [-0.2, -0.15) is 0 Å². The Balaban J connectivity index is 1.72. The lowest BCUT2D eigenvalue weighted by Gasteiger charge is -2.37.